The minimum absolute atomic E-state index is 0.495. The van der Waals surface area contributed by atoms with Gasteiger partial charge in [-0.25, -0.2) is 0 Å². The molecule has 0 heterocycles. The second-order valence-electron chi connectivity index (χ2n) is 4.78. The SMILES string of the molecule is C=CCOc1ccc(NC(=S)NCc2ccc(OC)cc2)cc1. The number of anilines is 1. The molecular formula is C18H20N2O2S. The lowest BCUT2D eigenvalue weighted by molar-refractivity contribution is 0.363. The molecule has 2 N–H and O–H groups in total. The minimum atomic E-state index is 0.495. The van der Waals surface area contributed by atoms with Gasteiger partial charge in [-0.05, 0) is 54.2 Å². The van der Waals surface area contributed by atoms with E-state index in [4.69, 9.17) is 21.7 Å². The molecule has 0 aliphatic heterocycles. The average molecular weight is 328 g/mol. The fraction of sp³-hybridized carbons (Fsp3) is 0.167. The highest BCUT2D eigenvalue weighted by molar-refractivity contribution is 7.80. The van der Waals surface area contributed by atoms with Gasteiger partial charge < -0.3 is 20.1 Å². The Morgan fingerprint density at radius 2 is 1.74 bits per heavy atom. The van der Waals surface area contributed by atoms with Crippen LogP contribution in [-0.2, 0) is 6.54 Å². The highest BCUT2D eigenvalue weighted by Gasteiger charge is 2.00. The average Bonchev–Trinajstić information content (AvgIpc) is 2.60. The van der Waals surface area contributed by atoms with Gasteiger partial charge in [-0.3, -0.25) is 0 Å². The number of benzene rings is 2. The third-order valence-electron chi connectivity index (χ3n) is 3.09. The Bertz CT molecular complexity index is 639. The largest absolute Gasteiger partial charge is 0.497 e. The third-order valence-corrected chi connectivity index (χ3v) is 3.34. The maximum Gasteiger partial charge on any atom is 0.171 e. The van der Waals surface area contributed by atoms with Gasteiger partial charge in [0, 0.05) is 12.2 Å². The number of hydrogen-bond donors (Lipinski definition) is 2. The molecule has 0 fully saturated rings. The Labute approximate surface area is 142 Å². The van der Waals surface area contributed by atoms with E-state index in [0.717, 1.165) is 22.7 Å². The van der Waals surface area contributed by atoms with Gasteiger partial charge in [0.15, 0.2) is 5.11 Å². The molecule has 2 rings (SSSR count). The van der Waals surface area contributed by atoms with Gasteiger partial charge in [0.25, 0.3) is 0 Å². The van der Waals surface area contributed by atoms with E-state index < -0.39 is 0 Å². The maximum absolute atomic E-state index is 5.43. The van der Waals surface area contributed by atoms with Crippen LogP contribution in [0, 0.1) is 0 Å². The summed E-state index contributed by atoms with van der Waals surface area (Å²) in [5.41, 5.74) is 2.03. The van der Waals surface area contributed by atoms with Gasteiger partial charge in [0.1, 0.15) is 18.1 Å². The number of rotatable bonds is 7. The summed E-state index contributed by atoms with van der Waals surface area (Å²) in [5.74, 6) is 1.64. The molecule has 0 unspecified atom stereocenters. The summed E-state index contributed by atoms with van der Waals surface area (Å²) in [4.78, 5) is 0. The predicted molar refractivity (Wildman–Crippen MR) is 98.2 cm³/mol. The van der Waals surface area contributed by atoms with Gasteiger partial charge in [-0.2, -0.15) is 0 Å². The molecule has 5 heteroatoms. The van der Waals surface area contributed by atoms with E-state index in [-0.39, 0.29) is 0 Å². The Kier molecular flexibility index (Phi) is 6.44. The van der Waals surface area contributed by atoms with Crippen molar-refractivity contribution in [3.63, 3.8) is 0 Å². The third kappa shape index (κ3) is 5.64. The quantitative estimate of drug-likeness (QED) is 0.598. The second-order valence-corrected chi connectivity index (χ2v) is 5.19. The van der Waals surface area contributed by atoms with E-state index in [1.807, 2.05) is 48.5 Å². The van der Waals surface area contributed by atoms with Gasteiger partial charge in [-0.1, -0.05) is 24.8 Å². The molecule has 0 spiro atoms. The van der Waals surface area contributed by atoms with Gasteiger partial charge in [0.05, 0.1) is 7.11 Å². The Balaban J connectivity index is 1.80. The zero-order chi connectivity index (χ0) is 16.5. The predicted octanol–water partition coefficient (Wildman–Crippen LogP) is 3.75. The molecule has 0 bridgehead atoms. The molecule has 0 saturated carbocycles. The fourth-order valence-corrected chi connectivity index (χ4v) is 2.08. The van der Waals surface area contributed by atoms with Crippen LogP contribution in [0.4, 0.5) is 5.69 Å². The molecule has 0 atom stereocenters. The van der Waals surface area contributed by atoms with Crippen molar-refractivity contribution in [1.82, 2.24) is 5.32 Å². The molecule has 0 radical (unpaired) electrons. The smallest absolute Gasteiger partial charge is 0.171 e. The Morgan fingerprint density at radius 1 is 1.09 bits per heavy atom. The van der Waals surface area contributed by atoms with Crippen LogP contribution < -0.4 is 20.1 Å². The van der Waals surface area contributed by atoms with Gasteiger partial charge in [0.2, 0.25) is 0 Å². The topological polar surface area (TPSA) is 42.5 Å². The molecule has 4 nitrogen and oxygen atoms in total. The van der Waals surface area contributed by atoms with Crippen LogP contribution in [0.1, 0.15) is 5.56 Å². The van der Waals surface area contributed by atoms with E-state index in [9.17, 15) is 0 Å². The summed E-state index contributed by atoms with van der Waals surface area (Å²) in [7, 11) is 1.65. The van der Waals surface area contributed by atoms with E-state index in [2.05, 4.69) is 17.2 Å². The highest BCUT2D eigenvalue weighted by Crippen LogP contribution is 2.16. The summed E-state index contributed by atoms with van der Waals surface area (Å²) < 4.78 is 10.6. The molecule has 0 amide bonds. The van der Waals surface area contributed by atoms with Crippen molar-refractivity contribution in [3.05, 3.63) is 66.7 Å². The fourth-order valence-electron chi connectivity index (χ4n) is 1.89. The number of thiocarbonyl (C=S) groups is 1. The van der Waals surface area contributed by atoms with Crippen LogP contribution in [0.3, 0.4) is 0 Å². The molecular weight excluding hydrogens is 308 g/mol. The lowest BCUT2D eigenvalue weighted by Crippen LogP contribution is -2.27. The Morgan fingerprint density at radius 3 is 2.35 bits per heavy atom. The van der Waals surface area contributed by atoms with Crippen molar-refractivity contribution in [1.29, 1.82) is 0 Å². The minimum Gasteiger partial charge on any atom is -0.497 e. The lowest BCUT2D eigenvalue weighted by Gasteiger charge is -2.11. The molecule has 0 saturated heterocycles. The summed E-state index contributed by atoms with van der Waals surface area (Å²) in [6.07, 6.45) is 1.71. The summed E-state index contributed by atoms with van der Waals surface area (Å²) in [6.45, 7) is 4.76. The molecule has 120 valence electrons. The molecule has 0 aliphatic carbocycles. The summed E-state index contributed by atoms with van der Waals surface area (Å²) in [5, 5.41) is 6.88. The second kappa shape index (κ2) is 8.80. The van der Waals surface area contributed by atoms with Crippen molar-refractivity contribution < 1.29 is 9.47 Å². The normalized spacial score (nSPS) is 9.78. The summed E-state index contributed by atoms with van der Waals surface area (Å²) >= 11 is 5.30. The number of nitrogens with one attached hydrogen (secondary N) is 2. The van der Waals surface area contributed by atoms with Gasteiger partial charge in [-0.15, -0.1) is 0 Å². The summed E-state index contributed by atoms with van der Waals surface area (Å²) in [6, 6.07) is 15.5. The zero-order valence-electron chi connectivity index (χ0n) is 13.0. The van der Waals surface area contributed by atoms with Gasteiger partial charge >= 0.3 is 0 Å². The Hall–Kier alpha value is -2.53. The van der Waals surface area contributed by atoms with Crippen LogP contribution in [0.2, 0.25) is 0 Å². The van der Waals surface area contributed by atoms with E-state index in [0.29, 0.717) is 18.3 Å². The first kappa shape index (κ1) is 16.8. The van der Waals surface area contributed by atoms with Crippen LogP contribution in [0.25, 0.3) is 0 Å². The molecule has 23 heavy (non-hydrogen) atoms. The monoisotopic (exact) mass is 328 g/mol. The van der Waals surface area contributed by atoms with E-state index >= 15 is 0 Å². The molecule has 0 aromatic heterocycles. The molecule has 0 aliphatic rings. The van der Waals surface area contributed by atoms with Crippen LogP contribution >= 0.6 is 12.2 Å². The zero-order valence-corrected chi connectivity index (χ0v) is 13.9. The molecule has 2 aromatic rings. The van der Waals surface area contributed by atoms with Crippen molar-refractivity contribution in [3.8, 4) is 11.5 Å². The van der Waals surface area contributed by atoms with Crippen LogP contribution in [0.5, 0.6) is 11.5 Å². The number of hydrogen-bond acceptors (Lipinski definition) is 3. The van der Waals surface area contributed by atoms with Crippen molar-refractivity contribution in [2.45, 2.75) is 6.54 Å². The maximum atomic E-state index is 5.43. The standard InChI is InChI=1S/C18H20N2O2S/c1-3-12-22-17-10-6-15(7-11-17)20-18(23)19-13-14-4-8-16(21-2)9-5-14/h3-11H,1,12-13H2,2H3,(H2,19,20,23). The van der Waals surface area contributed by atoms with Crippen molar-refractivity contribution in [2.75, 3.05) is 19.0 Å². The van der Waals surface area contributed by atoms with E-state index in [1.165, 1.54) is 0 Å². The first-order valence-electron chi connectivity index (χ1n) is 7.23. The first-order chi connectivity index (χ1) is 11.2. The van der Waals surface area contributed by atoms with Crippen molar-refractivity contribution >= 4 is 23.0 Å². The van der Waals surface area contributed by atoms with E-state index in [1.54, 1.807) is 13.2 Å². The first-order valence-corrected chi connectivity index (χ1v) is 7.63. The van der Waals surface area contributed by atoms with Crippen LogP contribution in [-0.4, -0.2) is 18.8 Å². The van der Waals surface area contributed by atoms with Crippen LogP contribution in [0.15, 0.2) is 61.2 Å². The highest BCUT2D eigenvalue weighted by atomic mass is 32.1. The number of ether oxygens (including phenoxy) is 2. The number of methoxy groups -OCH3 is 1. The van der Waals surface area contributed by atoms with Crippen molar-refractivity contribution in [2.24, 2.45) is 0 Å². The lowest BCUT2D eigenvalue weighted by atomic mass is 10.2. The molecule has 2 aromatic carbocycles.